The summed E-state index contributed by atoms with van der Waals surface area (Å²) >= 11 is 0. The lowest BCUT2D eigenvalue weighted by Gasteiger charge is -2.06. The Labute approximate surface area is 143 Å². The van der Waals surface area contributed by atoms with Crippen LogP contribution in [0.25, 0.3) is 22.3 Å². The Morgan fingerprint density at radius 2 is 1.96 bits per heavy atom. The van der Waals surface area contributed by atoms with Crippen molar-refractivity contribution in [1.29, 1.82) is 5.26 Å². The van der Waals surface area contributed by atoms with Crippen molar-refractivity contribution in [3.63, 3.8) is 0 Å². The second-order valence-corrected chi connectivity index (χ2v) is 5.55. The lowest BCUT2D eigenvalue weighted by molar-refractivity contribution is 0.442. The monoisotopic (exact) mass is 327 g/mol. The lowest BCUT2D eigenvalue weighted by Crippen LogP contribution is -1.96. The van der Waals surface area contributed by atoms with Gasteiger partial charge in [0.05, 0.1) is 17.5 Å². The molecule has 25 heavy (non-hydrogen) atoms. The van der Waals surface area contributed by atoms with Gasteiger partial charge < -0.3 is 9.72 Å². The van der Waals surface area contributed by atoms with Gasteiger partial charge in [0.15, 0.2) is 0 Å². The van der Waals surface area contributed by atoms with Crippen molar-refractivity contribution >= 4 is 11.0 Å². The van der Waals surface area contributed by atoms with Crippen LogP contribution in [0, 0.1) is 18.3 Å². The molecule has 0 aliphatic carbocycles. The number of pyridine rings is 1. The van der Waals surface area contributed by atoms with Crippen LogP contribution in [0.1, 0.15) is 11.1 Å². The number of ether oxygens (including phenoxy) is 1. The van der Waals surface area contributed by atoms with Crippen LogP contribution in [0.15, 0.2) is 55.0 Å². The SMILES string of the molecule is Cc1cnc2[nH]cc(-c3nc(Oc4ccccc4)ncc3C#N)c2c1. The fourth-order valence-corrected chi connectivity index (χ4v) is 2.60. The minimum Gasteiger partial charge on any atom is -0.424 e. The number of rotatable bonds is 3. The van der Waals surface area contributed by atoms with Crippen molar-refractivity contribution in [2.45, 2.75) is 6.92 Å². The Kier molecular flexibility index (Phi) is 3.60. The maximum Gasteiger partial charge on any atom is 0.322 e. The molecule has 0 saturated carbocycles. The first kappa shape index (κ1) is 14.8. The van der Waals surface area contributed by atoms with E-state index in [0.717, 1.165) is 22.2 Å². The summed E-state index contributed by atoms with van der Waals surface area (Å²) in [5.41, 5.74) is 3.46. The van der Waals surface area contributed by atoms with Gasteiger partial charge in [-0.3, -0.25) is 0 Å². The largest absolute Gasteiger partial charge is 0.424 e. The second-order valence-electron chi connectivity index (χ2n) is 5.55. The van der Waals surface area contributed by atoms with Gasteiger partial charge in [-0.15, -0.1) is 0 Å². The van der Waals surface area contributed by atoms with E-state index in [4.69, 9.17) is 4.74 Å². The number of fused-ring (bicyclic) bond motifs is 1. The summed E-state index contributed by atoms with van der Waals surface area (Å²) in [7, 11) is 0. The molecule has 0 saturated heterocycles. The average molecular weight is 327 g/mol. The minimum absolute atomic E-state index is 0.190. The quantitative estimate of drug-likeness (QED) is 0.614. The molecule has 0 aliphatic rings. The number of benzene rings is 1. The van der Waals surface area contributed by atoms with Crippen molar-refractivity contribution < 1.29 is 4.74 Å². The van der Waals surface area contributed by atoms with Crippen molar-refractivity contribution in [3.05, 3.63) is 66.1 Å². The number of nitrogens with one attached hydrogen (secondary N) is 1. The molecule has 3 heterocycles. The van der Waals surface area contributed by atoms with E-state index in [1.807, 2.05) is 43.3 Å². The topological polar surface area (TPSA) is 87.5 Å². The van der Waals surface area contributed by atoms with Crippen LogP contribution in [0.3, 0.4) is 0 Å². The summed E-state index contributed by atoms with van der Waals surface area (Å²) in [6.07, 6.45) is 5.06. The minimum atomic E-state index is 0.190. The van der Waals surface area contributed by atoms with E-state index in [1.54, 1.807) is 12.4 Å². The third-order valence-corrected chi connectivity index (χ3v) is 3.76. The first-order chi connectivity index (χ1) is 12.2. The molecule has 4 aromatic rings. The number of nitriles is 1. The molecule has 0 aliphatic heterocycles. The van der Waals surface area contributed by atoms with Crippen molar-refractivity contribution in [3.8, 4) is 29.1 Å². The predicted octanol–water partition coefficient (Wildman–Crippen LogP) is 3.99. The van der Waals surface area contributed by atoms with E-state index in [-0.39, 0.29) is 6.01 Å². The molecule has 0 radical (unpaired) electrons. The highest BCUT2D eigenvalue weighted by molar-refractivity contribution is 5.94. The maximum absolute atomic E-state index is 9.43. The van der Waals surface area contributed by atoms with Gasteiger partial charge in [-0.05, 0) is 30.7 Å². The summed E-state index contributed by atoms with van der Waals surface area (Å²) in [5, 5.41) is 10.3. The Hall–Kier alpha value is -3.72. The number of nitrogens with zero attached hydrogens (tertiary/aromatic N) is 4. The van der Waals surface area contributed by atoms with E-state index in [1.165, 1.54) is 6.20 Å². The zero-order valence-electron chi connectivity index (χ0n) is 13.4. The van der Waals surface area contributed by atoms with Crippen molar-refractivity contribution in [2.24, 2.45) is 0 Å². The van der Waals surface area contributed by atoms with Crippen LogP contribution < -0.4 is 4.74 Å². The fourth-order valence-electron chi connectivity index (χ4n) is 2.60. The molecule has 3 aromatic heterocycles. The molecule has 0 spiro atoms. The smallest absolute Gasteiger partial charge is 0.322 e. The predicted molar refractivity (Wildman–Crippen MR) is 93.1 cm³/mol. The third kappa shape index (κ3) is 2.79. The summed E-state index contributed by atoms with van der Waals surface area (Å²) in [6.45, 7) is 1.97. The number of aromatic amines is 1. The number of aromatic nitrogens is 4. The van der Waals surface area contributed by atoms with E-state index < -0.39 is 0 Å². The van der Waals surface area contributed by atoms with Gasteiger partial charge in [0.25, 0.3) is 0 Å². The molecule has 0 fully saturated rings. The number of para-hydroxylation sites is 1. The van der Waals surface area contributed by atoms with Gasteiger partial charge in [0.1, 0.15) is 17.5 Å². The molecular weight excluding hydrogens is 314 g/mol. The van der Waals surface area contributed by atoms with Crippen LogP contribution >= 0.6 is 0 Å². The Morgan fingerprint density at radius 1 is 1.12 bits per heavy atom. The van der Waals surface area contributed by atoms with Gasteiger partial charge in [-0.25, -0.2) is 9.97 Å². The van der Waals surface area contributed by atoms with Gasteiger partial charge in [-0.1, -0.05) is 18.2 Å². The maximum atomic E-state index is 9.43. The molecule has 0 atom stereocenters. The van der Waals surface area contributed by atoms with Crippen LogP contribution in [-0.4, -0.2) is 19.9 Å². The van der Waals surface area contributed by atoms with Crippen LogP contribution in [0.2, 0.25) is 0 Å². The summed E-state index contributed by atoms with van der Waals surface area (Å²) in [6, 6.07) is 13.6. The lowest BCUT2D eigenvalue weighted by atomic mass is 10.1. The second kappa shape index (κ2) is 6.06. The van der Waals surface area contributed by atoms with E-state index >= 15 is 0 Å². The van der Waals surface area contributed by atoms with Gasteiger partial charge in [0.2, 0.25) is 0 Å². The van der Waals surface area contributed by atoms with Gasteiger partial charge >= 0.3 is 6.01 Å². The molecule has 6 heteroatoms. The van der Waals surface area contributed by atoms with Crippen LogP contribution in [0.5, 0.6) is 11.8 Å². The van der Waals surface area contributed by atoms with Gasteiger partial charge in [0, 0.05) is 23.3 Å². The highest BCUT2D eigenvalue weighted by atomic mass is 16.5. The first-order valence-electron chi connectivity index (χ1n) is 7.69. The normalized spacial score (nSPS) is 10.6. The van der Waals surface area contributed by atoms with Gasteiger partial charge in [-0.2, -0.15) is 10.2 Å². The van der Waals surface area contributed by atoms with Crippen LogP contribution in [-0.2, 0) is 0 Å². The number of aryl methyl sites for hydroxylation is 1. The molecule has 0 bridgehead atoms. The highest BCUT2D eigenvalue weighted by Gasteiger charge is 2.15. The standard InChI is InChI=1S/C19H13N5O/c1-12-7-15-16(11-22-18(15)21-9-12)17-13(8-20)10-23-19(24-17)25-14-5-3-2-4-6-14/h2-7,9-11H,1H3,(H,21,22). The molecule has 4 rings (SSSR count). The molecule has 1 N–H and O–H groups in total. The highest BCUT2D eigenvalue weighted by Crippen LogP contribution is 2.30. The Morgan fingerprint density at radius 3 is 2.76 bits per heavy atom. The molecule has 0 amide bonds. The molecular formula is C19H13N5O. The summed E-state index contributed by atoms with van der Waals surface area (Å²) in [5.74, 6) is 0.634. The first-order valence-corrected chi connectivity index (χ1v) is 7.69. The van der Waals surface area contributed by atoms with E-state index in [2.05, 4.69) is 26.0 Å². The Balaban J connectivity index is 1.83. The third-order valence-electron chi connectivity index (χ3n) is 3.76. The summed E-state index contributed by atoms with van der Waals surface area (Å²) in [4.78, 5) is 16.1. The molecule has 1 aromatic carbocycles. The molecule has 6 nitrogen and oxygen atoms in total. The van der Waals surface area contributed by atoms with E-state index in [0.29, 0.717) is 17.0 Å². The number of hydrogen-bond acceptors (Lipinski definition) is 5. The van der Waals surface area contributed by atoms with Crippen molar-refractivity contribution in [1.82, 2.24) is 19.9 Å². The number of hydrogen-bond donors (Lipinski definition) is 1. The van der Waals surface area contributed by atoms with Crippen LogP contribution in [0.4, 0.5) is 0 Å². The molecule has 0 unspecified atom stereocenters. The van der Waals surface area contributed by atoms with E-state index in [9.17, 15) is 5.26 Å². The zero-order chi connectivity index (χ0) is 17.2. The fraction of sp³-hybridized carbons (Fsp3) is 0.0526. The zero-order valence-corrected chi connectivity index (χ0v) is 13.4. The van der Waals surface area contributed by atoms with Crippen molar-refractivity contribution in [2.75, 3.05) is 0 Å². The summed E-state index contributed by atoms with van der Waals surface area (Å²) < 4.78 is 5.69. The average Bonchev–Trinajstić information content (AvgIpc) is 3.05. The Bertz CT molecular complexity index is 1100. The number of H-pyrrole nitrogens is 1. The molecule has 120 valence electrons.